The number of aromatic nitrogens is 2. The summed E-state index contributed by atoms with van der Waals surface area (Å²) in [5.41, 5.74) is 0. The van der Waals surface area contributed by atoms with Crippen LogP contribution in [0.4, 0.5) is 6.01 Å². The minimum atomic E-state index is -3.14. The zero-order valence-corrected chi connectivity index (χ0v) is 12.0. The van der Waals surface area contributed by atoms with Gasteiger partial charge in [0.25, 0.3) is 0 Å². The van der Waals surface area contributed by atoms with Gasteiger partial charge in [-0.2, -0.15) is 0 Å². The molecule has 0 bridgehead atoms. The standard InChI is InChI=1S/C10H20N4O3S/c1-5-11-6-8-13-14-9(17-8)12-7-10(2,3)18(4,15)16/h11H,5-7H2,1-4H3,(H,12,14). The number of nitrogens with zero attached hydrogens (tertiary/aromatic N) is 2. The van der Waals surface area contributed by atoms with Crippen molar-refractivity contribution in [3.63, 3.8) is 0 Å². The Morgan fingerprint density at radius 3 is 2.56 bits per heavy atom. The molecule has 1 aromatic heterocycles. The molecule has 104 valence electrons. The molecule has 0 aliphatic carbocycles. The molecule has 1 rings (SSSR count). The predicted octanol–water partition coefficient (Wildman–Crippen LogP) is 0.414. The van der Waals surface area contributed by atoms with Gasteiger partial charge < -0.3 is 15.1 Å². The van der Waals surface area contributed by atoms with Gasteiger partial charge in [-0.05, 0) is 20.4 Å². The van der Waals surface area contributed by atoms with E-state index in [-0.39, 0.29) is 12.6 Å². The van der Waals surface area contributed by atoms with E-state index in [1.807, 2.05) is 6.92 Å². The number of hydrogen-bond acceptors (Lipinski definition) is 7. The summed E-state index contributed by atoms with van der Waals surface area (Å²) in [7, 11) is -3.14. The predicted molar refractivity (Wildman–Crippen MR) is 69.1 cm³/mol. The number of hydrogen-bond donors (Lipinski definition) is 2. The van der Waals surface area contributed by atoms with Gasteiger partial charge in [0.05, 0.1) is 11.3 Å². The van der Waals surface area contributed by atoms with Crippen LogP contribution in [0.25, 0.3) is 0 Å². The van der Waals surface area contributed by atoms with E-state index in [0.717, 1.165) is 6.54 Å². The molecule has 0 fully saturated rings. The molecule has 8 heteroatoms. The zero-order chi connectivity index (χ0) is 13.8. The smallest absolute Gasteiger partial charge is 0.315 e. The molecule has 1 aromatic rings. The molecule has 0 atom stereocenters. The highest BCUT2D eigenvalue weighted by molar-refractivity contribution is 7.92. The van der Waals surface area contributed by atoms with Crippen LogP contribution in [0.1, 0.15) is 26.7 Å². The lowest BCUT2D eigenvalue weighted by atomic mass is 10.2. The highest BCUT2D eigenvalue weighted by Crippen LogP contribution is 2.16. The third-order valence-corrected chi connectivity index (χ3v) is 4.81. The maximum absolute atomic E-state index is 11.5. The van der Waals surface area contributed by atoms with Crippen LogP contribution in [0.3, 0.4) is 0 Å². The third-order valence-electron chi connectivity index (χ3n) is 2.66. The maximum Gasteiger partial charge on any atom is 0.315 e. The first-order valence-electron chi connectivity index (χ1n) is 5.73. The SMILES string of the molecule is CCNCc1nnc(NCC(C)(C)S(C)(=O)=O)o1. The lowest BCUT2D eigenvalue weighted by molar-refractivity contribution is 0.478. The fourth-order valence-electron chi connectivity index (χ4n) is 1.05. The molecule has 2 N–H and O–H groups in total. The molecule has 0 aliphatic rings. The van der Waals surface area contributed by atoms with Gasteiger partial charge in [-0.3, -0.25) is 0 Å². The van der Waals surface area contributed by atoms with E-state index in [9.17, 15) is 8.42 Å². The van der Waals surface area contributed by atoms with Gasteiger partial charge in [0, 0.05) is 12.8 Å². The van der Waals surface area contributed by atoms with Gasteiger partial charge in [-0.15, -0.1) is 5.10 Å². The van der Waals surface area contributed by atoms with E-state index >= 15 is 0 Å². The quantitative estimate of drug-likeness (QED) is 0.744. The van der Waals surface area contributed by atoms with Crippen molar-refractivity contribution in [3.05, 3.63) is 5.89 Å². The van der Waals surface area contributed by atoms with Crippen LogP contribution in [-0.2, 0) is 16.4 Å². The van der Waals surface area contributed by atoms with Crippen LogP contribution < -0.4 is 10.6 Å². The molecular formula is C10H20N4O3S. The Bertz CT molecular complexity index is 481. The van der Waals surface area contributed by atoms with E-state index in [0.29, 0.717) is 12.4 Å². The van der Waals surface area contributed by atoms with Gasteiger partial charge in [-0.25, -0.2) is 8.42 Å². The molecular weight excluding hydrogens is 256 g/mol. The van der Waals surface area contributed by atoms with Crippen molar-refractivity contribution >= 4 is 15.9 Å². The highest BCUT2D eigenvalue weighted by Gasteiger charge is 2.30. The van der Waals surface area contributed by atoms with Crippen molar-refractivity contribution < 1.29 is 12.8 Å². The minimum absolute atomic E-state index is 0.217. The second-order valence-corrected chi connectivity index (χ2v) is 7.32. The van der Waals surface area contributed by atoms with Crippen LogP contribution in [0.5, 0.6) is 0 Å². The lowest BCUT2D eigenvalue weighted by Gasteiger charge is -2.21. The largest absolute Gasteiger partial charge is 0.407 e. The molecule has 0 amide bonds. The number of anilines is 1. The molecule has 1 heterocycles. The summed E-state index contributed by atoms with van der Waals surface area (Å²) >= 11 is 0. The molecule has 0 radical (unpaired) electrons. The van der Waals surface area contributed by atoms with Crippen molar-refractivity contribution in [2.45, 2.75) is 32.1 Å². The Labute approximate surface area is 107 Å². The van der Waals surface area contributed by atoms with E-state index in [1.54, 1.807) is 13.8 Å². The Balaban J connectivity index is 2.56. The van der Waals surface area contributed by atoms with E-state index < -0.39 is 14.6 Å². The summed E-state index contributed by atoms with van der Waals surface area (Å²) in [4.78, 5) is 0. The third kappa shape index (κ3) is 3.95. The molecule has 0 saturated carbocycles. The van der Waals surface area contributed by atoms with Crippen LogP contribution >= 0.6 is 0 Å². The summed E-state index contributed by atoms with van der Waals surface area (Å²) in [6, 6.07) is 0.236. The monoisotopic (exact) mass is 276 g/mol. The summed E-state index contributed by atoms with van der Waals surface area (Å²) in [6.07, 6.45) is 1.21. The molecule has 0 spiro atoms. The number of rotatable bonds is 7. The van der Waals surface area contributed by atoms with Gasteiger partial charge in [0.1, 0.15) is 0 Å². The molecule has 0 unspecified atom stereocenters. The molecule has 0 saturated heterocycles. The first kappa shape index (κ1) is 14.9. The number of nitrogens with one attached hydrogen (secondary N) is 2. The average molecular weight is 276 g/mol. The van der Waals surface area contributed by atoms with Crippen LogP contribution in [0.2, 0.25) is 0 Å². The van der Waals surface area contributed by atoms with E-state index in [2.05, 4.69) is 20.8 Å². The molecule has 0 aliphatic heterocycles. The Hall–Kier alpha value is -1.15. The lowest BCUT2D eigenvalue weighted by Crippen LogP contribution is -2.38. The Kier molecular flexibility index (Phi) is 4.69. The normalized spacial score (nSPS) is 12.7. The second-order valence-electron chi connectivity index (χ2n) is 4.67. The zero-order valence-electron chi connectivity index (χ0n) is 11.1. The van der Waals surface area contributed by atoms with Crippen LogP contribution in [-0.4, -0.2) is 42.7 Å². The second kappa shape index (κ2) is 5.66. The highest BCUT2D eigenvalue weighted by atomic mass is 32.2. The van der Waals surface area contributed by atoms with Crippen molar-refractivity contribution in [3.8, 4) is 0 Å². The van der Waals surface area contributed by atoms with Crippen LogP contribution in [0, 0.1) is 0 Å². The summed E-state index contributed by atoms with van der Waals surface area (Å²) in [5, 5.41) is 13.5. The first-order valence-corrected chi connectivity index (χ1v) is 7.62. The number of sulfone groups is 1. The van der Waals surface area contributed by atoms with Crippen molar-refractivity contribution in [1.82, 2.24) is 15.5 Å². The van der Waals surface area contributed by atoms with Gasteiger partial charge in [0.2, 0.25) is 5.89 Å². The summed E-state index contributed by atoms with van der Waals surface area (Å²) in [5.74, 6) is 0.469. The van der Waals surface area contributed by atoms with Gasteiger partial charge in [0.15, 0.2) is 9.84 Å². The van der Waals surface area contributed by atoms with Gasteiger partial charge >= 0.3 is 6.01 Å². The van der Waals surface area contributed by atoms with Gasteiger partial charge in [-0.1, -0.05) is 12.0 Å². The first-order chi connectivity index (χ1) is 8.26. The summed E-state index contributed by atoms with van der Waals surface area (Å²) < 4.78 is 27.4. The minimum Gasteiger partial charge on any atom is -0.407 e. The summed E-state index contributed by atoms with van der Waals surface area (Å²) in [6.45, 7) is 6.79. The van der Waals surface area contributed by atoms with E-state index in [4.69, 9.17) is 4.42 Å². The average Bonchev–Trinajstić information content (AvgIpc) is 2.70. The molecule has 0 aromatic carbocycles. The molecule has 7 nitrogen and oxygen atoms in total. The fraction of sp³-hybridized carbons (Fsp3) is 0.800. The van der Waals surface area contributed by atoms with Crippen LogP contribution in [0.15, 0.2) is 4.42 Å². The fourth-order valence-corrected chi connectivity index (χ4v) is 1.38. The van der Waals surface area contributed by atoms with Crippen molar-refractivity contribution in [2.24, 2.45) is 0 Å². The van der Waals surface area contributed by atoms with Crippen molar-refractivity contribution in [2.75, 3.05) is 24.7 Å². The van der Waals surface area contributed by atoms with E-state index in [1.165, 1.54) is 6.26 Å². The Morgan fingerprint density at radius 2 is 2.00 bits per heavy atom. The van der Waals surface area contributed by atoms with Crippen molar-refractivity contribution in [1.29, 1.82) is 0 Å². The molecule has 18 heavy (non-hydrogen) atoms. The topological polar surface area (TPSA) is 97.1 Å². The maximum atomic E-state index is 11.5. The Morgan fingerprint density at radius 1 is 1.33 bits per heavy atom.